The lowest BCUT2D eigenvalue weighted by Crippen LogP contribution is -2.22. The average Bonchev–Trinajstić information content (AvgIpc) is 2.67. The first-order chi connectivity index (χ1) is 13.0. The Kier molecular flexibility index (Phi) is 8.72. The van der Waals surface area contributed by atoms with Crippen LogP contribution < -0.4 is 20.1 Å². The Morgan fingerprint density at radius 2 is 1.74 bits per heavy atom. The number of amides is 1. The molecule has 0 aliphatic rings. The van der Waals surface area contributed by atoms with Crippen LogP contribution in [0, 0.1) is 0 Å². The summed E-state index contributed by atoms with van der Waals surface area (Å²) < 4.78 is 10.5. The van der Waals surface area contributed by atoms with Crippen molar-refractivity contribution in [3.05, 3.63) is 52.0 Å². The molecule has 0 aliphatic carbocycles. The molecule has 0 bridgehead atoms. The number of ether oxygens (including phenoxy) is 2. The first-order valence-electron chi connectivity index (χ1n) is 8.70. The second kappa shape index (κ2) is 11.0. The Hall–Kier alpha value is -1.95. The van der Waals surface area contributed by atoms with Crippen molar-refractivity contribution in [1.82, 2.24) is 5.32 Å². The van der Waals surface area contributed by atoms with Crippen molar-refractivity contribution in [2.24, 2.45) is 0 Å². The molecule has 0 aromatic heterocycles. The van der Waals surface area contributed by atoms with E-state index in [2.05, 4.69) is 10.6 Å². The molecule has 0 heterocycles. The van der Waals surface area contributed by atoms with E-state index in [9.17, 15) is 4.79 Å². The normalized spacial score (nSPS) is 10.5. The molecule has 0 atom stereocenters. The van der Waals surface area contributed by atoms with Crippen LogP contribution >= 0.6 is 23.2 Å². The van der Waals surface area contributed by atoms with Gasteiger partial charge in [-0.2, -0.15) is 0 Å². The summed E-state index contributed by atoms with van der Waals surface area (Å²) in [5.41, 5.74) is 1.83. The third kappa shape index (κ3) is 6.94. The van der Waals surface area contributed by atoms with E-state index < -0.39 is 0 Å². The molecule has 0 saturated carbocycles. The number of nitrogens with one attached hydrogen (secondary N) is 2. The van der Waals surface area contributed by atoms with E-state index in [0.29, 0.717) is 28.7 Å². The lowest BCUT2D eigenvalue weighted by Gasteiger charge is -2.10. The number of anilines is 1. The summed E-state index contributed by atoms with van der Waals surface area (Å²) in [5, 5.41) is 6.97. The Bertz CT molecular complexity index is 769. The molecular weight excluding hydrogens is 387 g/mol. The van der Waals surface area contributed by atoms with Crippen LogP contribution in [0.3, 0.4) is 0 Å². The maximum atomic E-state index is 11.9. The van der Waals surface area contributed by atoms with Crippen LogP contribution in [0.5, 0.6) is 11.5 Å². The Labute approximate surface area is 170 Å². The maximum Gasteiger partial charge on any atom is 0.225 e. The Balaban J connectivity index is 1.64. The fourth-order valence-electron chi connectivity index (χ4n) is 2.58. The molecule has 2 aromatic carbocycles. The first kappa shape index (κ1) is 21.4. The monoisotopic (exact) mass is 410 g/mol. The zero-order chi connectivity index (χ0) is 19.6. The SMILES string of the molecule is COc1ccc(CCCNCCC(=O)Nc2ccc(Cl)c(Cl)c2)cc1OC. The van der Waals surface area contributed by atoms with Crippen LogP contribution in [0.25, 0.3) is 0 Å². The first-order valence-corrected chi connectivity index (χ1v) is 9.45. The number of benzene rings is 2. The topological polar surface area (TPSA) is 59.6 Å². The van der Waals surface area contributed by atoms with E-state index in [1.54, 1.807) is 32.4 Å². The summed E-state index contributed by atoms with van der Waals surface area (Å²) >= 11 is 11.8. The van der Waals surface area contributed by atoms with Gasteiger partial charge in [0.2, 0.25) is 5.91 Å². The van der Waals surface area contributed by atoms with Gasteiger partial charge in [0, 0.05) is 18.7 Å². The molecule has 0 saturated heterocycles. The summed E-state index contributed by atoms with van der Waals surface area (Å²) in [6.07, 6.45) is 2.27. The van der Waals surface area contributed by atoms with Gasteiger partial charge in [-0.15, -0.1) is 0 Å². The summed E-state index contributed by atoms with van der Waals surface area (Å²) in [6, 6.07) is 11.0. The minimum absolute atomic E-state index is 0.0687. The summed E-state index contributed by atoms with van der Waals surface area (Å²) in [4.78, 5) is 11.9. The van der Waals surface area contributed by atoms with Gasteiger partial charge in [0.05, 0.1) is 24.3 Å². The van der Waals surface area contributed by atoms with Gasteiger partial charge in [-0.1, -0.05) is 29.3 Å². The molecule has 2 aromatic rings. The number of aryl methyl sites for hydroxylation is 1. The van der Waals surface area contributed by atoms with Gasteiger partial charge in [-0.05, 0) is 55.3 Å². The fourth-order valence-corrected chi connectivity index (χ4v) is 2.88. The van der Waals surface area contributed by atoms with Crippen molar-refractivity contribution >= 4 is 34.8 Å². The molecule has 146 valence electrons. The molecular formula is C20H24Cl2N2O3. The highest BCUT2D eigenvalue weighted by atomic mass is 35.5. The fraction of sp³-hybridized carbons (Fsp3) is 0.350. The molecule has 2 N–H and O–H groups in total. The van der Waals surface area contributed by atoms with Crippen LogP contribution in [0.2, 0.25) is 10.0 Å². The summed E-state index contributed by atoms with van der Waals surface area (Å²) in [5.74, 6) is 1.40. The van der Waals surface area contributed by atoms with Gasteiger partial charge in [-0.25, -0.2) is 0 Å². The average molecular weight is 411 g/mol. The molecule has 5 nitrogen and oxygen atoms in total. The van der Waals surface area contributed by atoms with Crippen molar-refractivity contribution in [2.45, 2.75) is 19.3 Å². The lowest BCUT2D eigenvalue weighted by atomic mass is 10.1. The van der Waals surface area contributed by atoms with Crippen molar-refractivity contribution in [3.63, 3.8) is 0 Å². The van der Waals surface area contributed by atoms with Crippen molar-refractivity contribution in [2.75, 3.05) is 32.6 Å². The quantitative estimate of drug-likeness (QED) is 0.563. The van der Waals surface area contributed by atoms with E-state index in [1.807, 2.05) is 18.2 Å². The highest BCUT2D eigenvalue weighted by Crippen LogP contribution is 2.28. The van der Waals surface area contributed by atoms with Gasteiger partial charge < -0.3 is 20.1 Å². The largest absolute Gasteiger partial charge is 0.493 e. The number of halogens is 2. The number of hydrogen-bond acceptors (Lipinski definition) is 4. The predicted molar refractivity (Wildman–Crippen MR) is 110 cm³/mol. The smallest absolute Gasteiger partial charge is 0.225 e. The molecule has 0 fully saturated rings. The van der Waals surface area contributed by atoms with Crippen LogP contribution in [-0.2, 0) is 11.2 Å². The van der Waals surface area contributed by atoms with E-state index in [1.165, 1.54) is 5.56 Å². The minimum atomic E-state index is -0.0687. The molecule has 0 aliphatic heterocycles. The molecule has 1 amide bonds. The van der Waals surface area contributed by atoms with Gasteiger partial charge >= 0.3 is 0 Å². The van der Waals surface area contributed by atoms with Crippen LogP contribution in [-0.4, -0.2) is 33.2 Å². The van der Waals surface area contributed by atoms with Crippen molar-refractivity contribution in [3.8, 4) is 11.5 Å². The molecule has 0 unspecified atom stereocenters. The predicted octanol–water partition coefficient (Wildman–Crippen LogP) is 4.56. The minimum Gasteiger partial charge on any atom is -0.493 e. The zero-order valence-electron chi connectivity index (χ0n) is 15.5. The van der Waals surface area contributed by atoms with Crippen LogP contribution in [0.1, 0.15) is 18.4 Å². The van der Waals surface area contributed by atoms with E-state index in [4.69, 9.17) is 32.7 Å². The van der Waals surface area contributed by atoms with E-state index >= 15 is 0 Å². The molecule has 0 radical (unpaired) electrons. The number of methoxy groups -OCH3 is 2. The number of hydrogen-bond donors (Lipinski definition) is 2. The van der Waals surface area contributed by atoms with Crippen molar-refractivity contribution in [1.29, 1.82) is 0 Å². The highest BCUT2D eigenvalue weighted by molar-refractivity contribution is 6.42. The molecule has 2 rings (SSSR count). The van der Waals surface area contributed by atoms with Crippen LogP contribution in [0.4, 0.5) is 5.69 Å². The standard InChI is InChI=1S/C20H24Cl2N2O3/c1-26-18-8-5-14(12-19(18)27-2)4-3-10-23-11-9-20(25)24-15-6-7-16(21)17(22)13-15/h5-8,12-13,23H,3-4,9-11H2,1-2H3,(H,24,25). The van der Waals surface area contributed by atoms with Gasteiger partial charge in [-0.3, -0.25) is 4.79 Å². The maximum absolute atomic E-state index is 11.9. The number of carbonyl (C=O) groups is 1. The zero-order valence-corrected chi connectivity index (χ0v) is 17.0. The second-order valence-corrected chi connectivity index (χ2v) is 6.78. The molecule has 7 heteroatoms. The third-order valence-corrected chi connectivity index (χ3v) is 4.74. The third-order valence-electron chi connectivity index (χ3n) is 4.00. The second-order valence-electron chi connectivity index (χ2n) is 5.97. The summed E-state index contributed by atoms with van der Waals surface area (Å²) in [7, 11) is 3.26. The summed E-state index contributed by atoms with van der Waals surface area (Å²) in [6.45, 7) is 1.44. The van der Waals surface area contributed by atoms with Crippen molar-refractivity contribution < 1.29 is 14.3 Å². The Morgan fingerprint density at radius 1 is 0.963 bits per heavy atom. The van der Waals surface area contributed by atoms with E-state index in [-0.39, 0.29) is 5.91 Å². The lowest BCUT2D eigenvalue weighted by molar-refractivity contribution is -0.116. The van der Waals surface area contributed by atoms with Gasteiger partial charge in [0.25, 0.3) is 0 Å². The molecule has 27 heavy (non-hydrogen) atoms. The van der Waals surface area contributed by atoms with E-state index in [0.717, 1.165) is 30.9 Å². The molecule has 0 spiro atoms. The van der Waals surface area contributed by atoms with Gasteiger partial charge in [0.1, 0.15) is 0 Å². The number of carbonyl (C=O) groups excluding carboxylic acids is 1. The van der Waals surface area contributed by atoms with Gasteiger partial charge in [0.15, 0.2) is 11.5 Å². The van der Waals surface area contributed by atoms with Crippen LogP contribution in [0.15, 0.2) is 36.4 Å². The highest BCUT2D eigenvalue weighted by Gasteiger charge is 2.06. The Morgan fingerprint density at radius 3 is 2.44 bits per heavy atom. The number of rotatable bonds is 10.